The Hall–Kier alpha value is -3.09. The van der Waals surface area contributed by atoms with Crippen LogP contribution in [0, 0.1) is 0 Å². The highest BCUT2D eigenvalue weighted by Crippen LogP contribution is 2.29. The first-order valence-electron chi connectivity index (χ1n) is 11.3. The molecule has 174 valence electrons. The van der Waals surface area contributed by atoms with Crippen molar-refractivity contribution in [3.05, 3.63) is 75.4 Å². The number of nitrogens with one attached hydrogen (secondary N) is 1. The van der Waals surface area contributed by atoms with Gasteiger partial charge in [0.15, 0.2) is 0 Å². The van der Waals surface area contributed by atoms with Crippen molar-refractivity contribution in [2.75, 3.05) is 0 Å². The van der Waals surface area contributed by atoms with Gasteiger partial charge in [0.2, 0.25) is 0 Å². The van der Waals surface area contributed by atoms with Gasteiger partial charge in [-0.2, -0.15) is 0 Å². The van der Waals surface area contributed by atoms with Gasteiger partial charge in [-0.1, -0.05) is 66.7 Å². The number of hydrogen-bond donors (Lipinski definition) is 1. The smallest absolute Gasteiger partial charge is 0.331 e. The second-order valence-electron chi connectivity index (χ2n) is 8.76. The van der Waals surface area contributed by atoms with Crippen LogP contribution in [0.1, 0.15) is 43.2 Å². The number of benzene rings is 2. The number of carbonyl (C=O) groups is 3. The number of amides is 4. The highest BCUT2D eigenvalue weighted by atomic mass is 35.5. The average molecular weight is 496 g/mol. The zero-order valence-corrected chi connectivity index (χ0v) is 19.9. The Morgan fingerprint density at radius 3 is 2.50 bits per heavy atom. The summed E-state index contributed by atoms with van der Waals surface area (Å²) >= 11 is 12.2. The molecule has 0 radical (unpaired) electrons. The normalized spacial score (nSPS) is 18.7. The number of urea groups is 1. The maximum absolute atomic E-state index is 13.3. The lowest BCUT2D eigenvalue weighted by atomic mass is 9.93. The summed E-state index contributed by atoms with van der Waals surface area (Å²) in [6.07, 6.45) is 8.07. The number of carbonyl (C=O) groups excluding carboxylic acids is 3. The van der Waals surface area contributed by atoms with E-state index in [2.05, 4.69) is 5.32 Å². The Morgan fingerprint density at radius 1 is 0.971 bits per heavy atom. The summed E-state index contributed by atoms with van der Waals surface area (Å²) in [5.41, 5.74) is 2.62. The fraction of sp³-hybridized carbons (Fsp3) is 0.269. The Labute approximate surface area is 207 Å². The van der Waals surface area contributed by atoms with Crippen LogP contribution in [0.2, 0.25) is 10.0 Å². The largest absolute Gasteiger partial charge is 0.342 e. The van der Waals surface area contributed by atoms with Gasteiger partial charge in [-0.15, -0.1) is 0 Å². The predicted molar refractivity (Wildman–Crippen MR) is 133 cm³/mol. The van der Waals surface area contributed by atoms with E-state index in [1.54, 1.807) is 12.1 Å². The summed E-state index contributed by atoms with van der Waals surface area (Å²) in [6.45, 7) is 0.535. The van der Waals surface area contributed by atoms with Crippen molar-refractivity contribution < 1.29 is 14.4 Å². The van der Waals surface area contributed by atoms with Gasteiger partial charge in [-0.05, 0) is 42.7 Å². The summed E-state index contributed by atoms with van der Waals surface area (Å²) in [5.74, 6) is -1.19. The van der Waals surface area contributed by atoms with Crippen LogP contribution in [0.4, 0.5) is 4.79 Å². The molecule has 1 aliphatic heterocycles. The molecule has 0 atom stereocenters. The van der Waals surface area contributed by atoms with Crippen molar-refractivity contribution in [2.24, 2.45) is 0 Å². The number of halogens is 2. The highest BCUT2D eigenvalue weighted by Gasteiger charge is 2.40. The minimum Gasteiger partial charge on any atom is -0.342 e. The molecule has 0 unspecified atom stereocenters. The first-order valence-corrected chi connectivity index (χ1v) is 12.1. The van der Waals surface area contributed by atoms with Gasteiger partial charge in [0.05, 0.1) is 10.0 Å². The van der Waals surface area contributed by atoms with Crippen LogP contribution >= 0.6 is 23.2 Å². The molecule has 2 aromatic carbocycles. The van der Waals surface area contributed by atoms with E-state index in [0.29, 0.717) is 16.6 Å². The minimum atomic E-state index is -0.664. The lowest BCUT2D eigenvalue weighted by molar-refractivity contribution is -0.132. The van der Waals surface area contributed by atoms with Crippen LogP contribution in [0.3, 0.4) is 0 Å². The van der Waals surface area contributed by atoms with Crippen LogP contribution < -0.4 is 5.32 Å². The topological polar surface area (TPSA) is 71.4 Å². The van der Waals surface area contributed by atoms with E-state index in [4.69, 9.17) is 23.2 Å². The molecule has 2 fully saturated rings. The van der Waals surface area contributed by atoms with Crippen molar-refractivity contribution in [1.29, 1.82) is 0 Å². The fourth-order valence-electron chi connectivity index (χ4n) is 4.85. The second-order valence-corrected chi connectivity index (χ2v) is 9.58. The Balaban J connectivity index is 1.52. The summed E-state index contributed by atoms with van der Waals surface area (Å²) in [6, 6.07) is 12.5. The van der Waals surface area contributed by atoms with E-state index in [9.17, 15) is 14.4 Å². The number of fused-ring (bicyclic) bond motifs is 1. The zero-order chi connectivity index (χ0) is 23.8. The number of rotatable bonds is 4. The Kier molecular flexibility index (Phi) is 6.19. The first kappa shape index (κ1) is 22.7. The van der Waals surface area contributed by atoms with Gasteiger partial charge in [0.25, 0.3) is 11.8 Å². The molecule has 1 aliphatic carbocycles. The molecule has 8 heteroatoms. The first-order chi connectivity index (χ1) is 16.4. The molecule has 4 amide bonds. The molecule has 2 aliphatic rings. The van der Waals surface area contributed by atoms with Crippen LogP contribution in [0.25, 0.3) is 17.0 Å². The third-order valence-corrected chi connectivity index (χ3v) is 7.27. The molecule has 1 saturated carbocycles. The van der Waals surface area contributed by atoms with E-state index in [1.165, 1.54) is 4.90 Å². The van der Waals surface area contributed by atoms with Gasteiger partial charge in [0, 0.05) is 35.2 Å². The number of hydrogen-bond acceptors (Lipinski definition) is 3. The molecule has 0 spiro atoms. The third kappa shape index (κ3) is 4.24. The number of barbiturate groups is 1. The third-order valence-electron chi connectivity index (χ3n) is 6.53. The van der Waals surface area contributed by atoms with E-state index < -0.39 is 17.8 Å². The monoisotopic (exact) mass is 495 g/mol. The average Bonchev–Trinajstić information content (AvgIpc) is 3.17. The molecular weight excluding hydrogens is 473 g/mol. The van der Waals surface area contributed by atoms with E-state index in [-0.39, 0.29) is 11.6 Å². The quantitative estimate of drug-likeness (QED) is 0.367. The van der Waals surface area contributed by atoms with Crippen molar-refractivity contribution in [2.45, 2.75) is 44.7 Å². The van der Waals surface area contributed by atoms with Crippen molar-refractivity contribution in [3.63, 3.8) is 0 Å². The van der Waals surface area contributed by atoms with Crippen LogP contribution in [-0.2, 0) is 16.1 Å². The molecule has 0 bridgehead atoms. The van der Waals surface area contributed by atoms with Gasteiger partial charge >= 0.3 is 6.03 Å². The van der Waals surface area contributed by atoms with Crippen molar-refractivity contribution >= 4 is 58.0 Å². The lowest BCUT2D eigenvalue weighted by Crippen LogP contribution is -2.58. The highest BCUT2D eigenvalue weighted by molar-refractivity contribution is 6.42. The molecule has 3 aromatic rings. The van der Waals surface area contributed by atoms with E-state index in [0.717, 1.165) is 54.1 Å². The minimum absolute atomic E-state index is 0.0254. The van der Waals surface area contributed by atoms with Crippen molar-refractivity contribution in [1.82, 2.24) is 14.8 Å². The molecule has 1 aromatic heterocycles. The maximum atomic E-state index is 13.3. The van der Waals surface area contributed by atoms with E-state index in [1.807, 2.05) is 47.2 Å². The molecule has 5 rings (SSSR count). The van der Waals surface area contributed by atoms with Crippen molar-refractivity contribution in [3.8, 4) is 0 Å². The van der Waals surface area contributed by atoms with Gasteiger partial charge < -0.3 is 4.57 Å². The molecule has 1 N–H and O–H groups in total. The summed E-state index contributed by atoms with van der Waals surface area (Å²) in [4.78, 5) is 39.7. The van der Waals surface area contributed by atoms with Gasteiger partial charge in [-0.25, -0.2) is 4.79 Å². The molecule has 1 saturated heterocycles. The summed E-state index contributed by atoms with van der Waals surface area (Å²) < 4.78 is 2.04. The van der Waals surface area contributed by atoms with Crippen LogP contribution in [0.5, 0.6) is 0 Å². The number of aromatic nitrogens is 1. The Bertz CT molecular complexity index is 1340. The number of nitrogens with zero attached hydrogens (tertiary/aromatic N) is 2. The lowest BCUT2D eigenvalue weighted by Gasteiger charge is -2.35. The SMILES string of the molecule is O=C1NC(=O)N(C2CCCCC2)C(=O)/C1=C/c1cn(Cc2ccc(Cl)c(Cl)c2)c2ccccc12. The molecule has 6 nitrogen and oxygen atoms in total. The van der Waals surface area contributed by atoms with E-state index >= 15 is 0 Å². The Morgan fingerprint density at radius 2 is 1.74 bits per heavy atom. The summed E-state index contributed by atoms with van der Waals surface area (Å²) in [7, 11) is 0. The fourth-order valence-corrected chi connectivity index (χ4v) is 5.17. The van der Waals surface area contributed by atoms with Crippen LogP contribution in [-0.4, -0.2) is 33.4 Å². The molecule has 34 heavy (non-hydrogen) atoms. The maximum Gasteiger partial charge on any atom is 0.331 e. The second kappa shape index (κ2) is 9.28. The van der Waals surface area contributed by atoms with Gasteiger partial charge in [0.1, 0.15) is 5.57 Å². The molecular formula is C26H23Cl2N3O3. The zero-order valence-electron chi connectivity index (χ0n) is 18.4. The van der Waals surface area contributed by atoms with Gasteiger partial charge in [-0.3, -0.25) is 19.8 Å². The number of para-hydroxylation sites is 1. The number of imide groups is 2. The summed E-state index contributed by atoms with van der Waals surface area (Å²) in [5, 5.41) is 4.23. The molecule has 2 heterocycles. The predicted octanol–water partition coefficient (Wildman–Crippen LogP) is 5.79. The standard InChI is InChI=1S/C26H23Cl2N3O3/c27-21-11-10-16(12-22(21)28)14-30-15-17(19-8-4-5-9-23(19)30)13-20-24(32)29-26(34)31(25(20)33)18-6-2-1-3-7-18/h4-5,8-13,15,18H,1-3,6-7,14H2,(H,29,32,34)/b20-13+. The van der Waals surface area contributed by atoms with Crippen LogP contribution in [0.15, 0.2) is 54.2 Å².